The number of hydrogen-bond donors (Lipinski definition) is 7. The molecule has 0 spiro atoms. The number of phenolic OH excluding ortho intramolecular Hbond substituents is 1. The zero-order valence-corrected chi connectivity index (χ0v) is 30.8. The number of fused-ring (bicyclic) bond motifs is 3. The number of nitrogens with zero attached hydrogens (tertiary/aromatic N) is 1. The van der Waals surface area contributed by atoms with E-state index in [2.05, 4.69) is 50.0 Å². The van der Waals surface area contributed by atoms with Crippen LogP contribution in [-0.2, 0) is 27.2 Å². The van der Waals surface area contributed by atoms with E-state index in [9.17, 15) is 14.7 Å². The molecule has 0 radical (unpaired) electrons. The monoisotopic (exact) mass is 737 g/mol. The number of aromatic amines is 1. The highest BCUT2D eigenvalue weighted by Crippen LogP contribution is 2.47. The maximum Gasteiger partial charge on any atom is 0.341 e. The predicted octanol–water partition coefficient (Wildman–Crippen LogP) is 3.34. The van der Waals surface area contributed by atoms with E-state index in [4.69, 9.17) is 30.1 Å². The molecule has 0 bridgehead atoms. The van der Waals surface area contributed by atoms with Gasteiger partial charge in [0.2, 0.25) is 0 Å². The Kier molecular flexibility index (Phi) is 8.77. The third kappa shape index (κ3) is 6.60. The Morgan fingerprint density at radius 3 is 2.76 bits per heavy atom. The molecule has 2 unspecified atom stereocenters. The van der Waals surface area contributed by atoms with E-state index >= 15 is 0 Å². The summed E-state index contributed by atoms with van der Waals surface area (Å²) in [6, 6.07) is 4.79. The summed E-state index contributed by atoms with van der Waals surface area (Å²) in [6.07, 6.45) is 14.9. The lowest BCUT2D eigenvalue weighted by Gasteiger charge is -2.39. The van der Waals surface area contributed by atoms with Crippen molar-refractivity contribution in [2.45, 2.75) is 88.5 Å². The number of ether oxygens (including phenoxy) is 3. The number of carbonyl (C=O) groups is 1. The van der Waals surface area contributed by atoms with Crippen molar-refractivity contribution in [2.75, 3.05) is 13.6 Å². The molecule has 1 fully saturated rings. The first-order valence-corrected chi connectivity index (χ1v) is 18.4. The Morgan fingerprint density at radius 2 is 1.96 bits per heavy atom. The number of aryl methyl sites for hydroxylation is 1. The average Bonchev–Trinajstić information content (AvgIpc) is 3.42. The molecule has 4 aliphatic rings. The molecule has 8 rings (SSSR count). The molecule has 0 amide bonds. The summed E-state index contributed by atoms with van der Waals surface area (Å²) in [4.78, 5) is 30.0. The standard InChI is InChI=1S/C40H47N7O7/c1-21-11-29(48)36-31(51-21)17-30-26(37(36)49)16-33(39(2,3)53-30)52-38(50)40(8-10-43-4)32(54-40)6-5-22-12-27(46-34(41)13-22)24-14-25(45-35(42)15-24)19-47-18-23-7-9-44-28(23)20-47/h7,9,11-15,17-18,20,25,27,32-33,43-46,49H,5-6,8,10,16,19,41-42H2,1-4H3/t25?,27?,32-,33-,40+/m1/s1. The van der Waals surface area contributed by atoms with Gasteiger partial charge in [-0.05, 0) is 76.6 Å². The Hall–Kier alpha value is -5.60. The summed E-state index contributed by atoms with van der Waals surface area (Å²) < 4.78 is 26.6. The second kappa shape index (κ2) is 13.4. The van der Waals surface area contributed by atoms with Crippen molar-refractivity contribution in [3.8, 4) is 11.5 Å². The second-order valence-electron chi connectivity index (χ2n) is 15.3. The van der Waals surface area contributed by atoms with Crippen molar-refractivity contribution in [1.82, 2.24) is 25.5 Å². The van der Waals surface area contributed by atoms with Crippen LogP contribution in [0.3, 0.4) is 0 Å². The van der Waals surface area contributed by atoms with E-state index in [-0.39, 0.29) is 46.8 Å². The van der Waals surface area contributed by atoms with Gasteiger partial charge < -0.3 is 60.7 Å². The topological polar surface area (TPSA) is 207 Å². The lowest BCUT2D eigenvalue weighted by atomic mass is 9.89. The fourth-order valence-electron chi connectivity index (χ4n) is 7.99. The van der Waals surface area contributed by atoms with Crippen molar-refractivity contribution in [1.29, 1.82) is 0 Å². The zero-order valence-electron chi connectivity index (χ0n) is 30.8. The predicted molar refractivity (Wildman–Crippen MR) is 203 cm³/mol. The van der Waals surface area contributed by atoms with Gasteiger partial charge in [-0.3, -0.25) is 4.79 Å². The molecule has 4 aromatic rings. The quantitative estimate of drug-likeness (QED) is 0.0874. The number of carbonyl (C=O) groups excluding carboxylic acids is 1. The van der Waals surface area contributed by atoms with Crippen LogP contribution in [0.15, 0.2) is 93.1 Å². The molecule has 284 valence electrons. The first-order chi connectivity index (χ1) is 25.8. The van der Waals surface area contributed by atoms with Gasteiger partial charge in [0.05, 0.1) is 35.3 Å². The van der Waals surface area contributed by atoms with E-state index in [1.54, 1.807) is 13.0 Å². The van der Waals surface area contributed by atoms with Gasteiger partial charge in [0, 0.05) is 61.1 Å². The van der Waals surface area contributed by atoms with Gasteiger partial charge in [-0.15, -0.1) is 0 Å². The second-order valence-corrected chi connectivity index (χ2v) is 15.3. The highest BCUT2D eigenvalue weighted by molar-refractivity contribution is 5.87. The Morgan fingerprint density at radius 1 is 1.15 bits per heavy atom. The maximum absolute atomic E-state index is 14.0. The molecule has 3 aromatic heterocycles. The summed E-state index contributed by atoms with van der Waals surface area (Å²) in [5, 5.41) is 22.3. The van der Waals surface area contributed by atoms with Gasteiger partial charge in [0.15, 0.2) is 11.0 Å². The third-order valence-electron chi connectivity index (χ3n) is 10.9. The molecular weight excluding hydrogens is 690 g/mol. The summed E-state index contributed by atoms with van der Waals surface area (Å²) >= 11 is 0. The molecule has 5 atom stereocenters. The van der Waals surface area contributed by atoms with Gasteiger partial charge in [0.25, 0.3) is 0 Å². The lowest BCUT2D eigenvalue weighted by molar-refractivity contribution is -0.167. The number of aromatic hydroxyl groups is 1. The molecule has 1 aromatic carbocycles. The van der Waals surface area contributed by atoms with E-state index in [1.807, 2.05) is 45.3 Å². The Balaban J connectivity index is 0.956. The van der Waals surface area contributed by atoms with Crippen LogP contribution in [0.5, 0.6) is 11.5 Å². The van der Waals surface area contributed by atoms with Gasteiger partial charge in [0.1, 0.15) is 39.9 Å². The van der Waals surface area contributed by atoms with Crippen LogP contribution in [-0.4, -0.2) is 69.7 Å². The normalized spacial score (nSPS) is 25.7. The molecule has 14 nitrogen and oxygen atoms in total. The highest BCUT2D eigenvalue weighted by atomic mass is 16.7. The molecule has 14 heteroatoms. The molecule has 4 aliphatic heterocycles. The number of H-pyrrole nitrogens is 1. The van der Waals surface area contributed by atoms with Crippen LogP contribution in [0.25, 0.3) is 21.9 Å². The van der Waals surface area contributed by atoms with Gasteiger partial charge in [-0.25, -0.2) is 4.79 Å². The number of esters is 1. The van der Waals surface area contributed by atoms with Gasteiger partial charge >= 0.3 is 5.97 Å². The molecule has 54 heavy (non-hydrogen) atoms. The number of nitrogens with one attached hydrogen (secondary N) is 4. The Bertz CT molecular complexity index is 2300. The molecule has 7 heterocycles. The first-order valence-electron chi connectivity index (χ1n) is 18.4. The third-order valence-corrected chi connectivity index (χ3v) is 10.9. The summed E-state index contributed by atoms with van der Waals surface area (Å²) in [7, 11) is 1.82. The van der Waals surface area contributed by atoms with Crippen molar-refractivity contribution < 1.29 is 28.5 Å². The fourth-order valence-corrected chi connectivity index (χ4v) is 7.99. The van der Waals surface area contributed by atoms with Crippen LogP contribution in [0, 0.1) is 6.92 Å². The molecule has 0 saturated carbocycles. The average molecular weight is 738 g/mol. The zero-order chi connectivity index (χ0) is 37.9. The minimum atomic E-state index is -1.14. The first kappa shape index (κ1) is 35.4. The number of nitrogens with two attached hydrogens (primary N) is 2. The van der Waals surface area contributed by atoms with Crippen LogP contribution < -0.4 is 37.6 Å². The van der Waals surface area contributed by atoms with Crippen molar-refractivity contribution in [2.24, 2.45) is 11.5 Å². The SMILES string of the molecule is CNCC[C@]1(C(=O)O[C@@H]2Cc3c(cc4oc(C)cc(=O)c4c3O)OC2(C)C)O[C@@H]1CCC1=CC(C2=CC(Cn3cc4cc[nH]c4c3)NC(N)=C2)NC(N)=C1. The van der Waals surface area contributed by atoms with E-state index in [1.165, 1.54) is 6.07 Å². The lowest BCUT2D eigenvalue weighted by Crippen LogP contribution is -2.50. The van der Waals surface area contributed by atoms with Crippen molar-refractivity contribution in [3.63, 3.8) is 0 Å². The van der Waals surface area contributed by atoms with Crippen molar-refractivity contribution >= 4 is 27.8 Å². The molecule has 0 aliphatic carbocycles. The van der Waals surface area contributed by atoms with Crippen LogP contribution >= 0.6 is 0 Å². The molecule has 1 saturated heterocycles. The van der Waals surface area contributed by atoms with Gasteiger partial charge in [-0.2, -0.15) is 0 Å². The number of phenols is 1. The van der Waals surface area contributed by atoms with Crippen LogP contribution in [0.2, 0.25) is 0 Å². The summed E-state index contributed by atoms with van der Waals surface area (Å²) in [6.45, 7) is 6.56. The minimum absolute atomic E-state index is 0.0220. The Labute approximate surface area is 311 Å². The van der Waals surface area contributed by atoms with E-state index in [0.717, 1.165) is 22.0 Å². The molecular formula is C40H47N7O7. The maximum atomic E-state index is 14.0. The number of aromatic nitrogens is 2. The smallest absolute Gasteiger partial charge is 0.341 e. The largest absolute Gasteiger partial charge is 0.507 e. The summed E-state index contributed by atoms with van der Waals surface area (Å²) in [5.41, 5.74) is 14.0. The number of hydrogen-bond acceptors (Lipinski definition) is 12. The molecule has 9 N–H and O–H groups in total. The minimum Gasteiger partial charge on any atom is -0.507 e. The highest BCUT2D eigenvalue weighted by Gasteiger charge is 2.63. The number of benzene rings is 1. The fraction of sp³-hybridized carbons (Fsp3) is 0.400. The number of rotatable bonds is 11. The van der Waals surface area contributed by atoms with Crippen LogP contribution in [0.4, 0.5) is 0 Å². The van der Waals surface area contributed by atoms with E-state index in [0.29, 0.717) is 61.1 Å². The number of epoxide rings is 1. The van der Waals surface area contributed by atoms with Crippen molar-refractivity contribution in [3.05, 3.63) is 105 Å². The number of dihydropyridines is 2. The van der Waals surface area contributed by atoms with Crippen LogP contribution in [0.1, 0.15) is 44.4 Å². The number of allylic oxidation sites excluding steroid dienone is 2. The summed E-state index contributed by atoms with van der Waals surface area (Å²) in [5.74, 6) is 1.22. The van der Waals surface area contributed by atoms with E-state index < -0.39 is 23.3 Å². The van der Waals surface area contributed by atoms with Gasteiger partial charge in [-0.1, -0.05) is 12.2 Å².